The topological polar surface area (TPSA) is 65.1 Å². The second-order valence-electron chi connectivity index (χ2n) is 5.48. The van der Waals surface area contributed by atoms with Crippen molar-refractivity contribution in [3.63, 3.8) is 0 Å². The zero-order valence-corrected chi connectivity index (χ0v) is 12.3. The van der Waals surface area contributed by atoms with Crippen molar-refractivity contribution in [1.29, 1.82) is 0 Å². The third-order valence-electron chi connectivity index (χ3n) is 3.78. The van der Waals surface area contributed by atoms with Gasteiger partial charge in [-0.2, -0.15) is 11.8 Å². The van der Waals surface area contributed by atoms with Gasteiger partial charge in [0.25, 0.3) is 0 Å². The van der Waals surface area contributed by atoms with Crippen LogP contribution >= 0.6 is 11.8 Å². The SMILES string of the molecule is O=C(Cc1c[nH]c2ccc(F)cc12)NCC1(O)CCSC1. The molecule has 1 aliphatic heterocycles. The zero-order chi connectivity index (χ0) is 14.9. The van der Waals surface area contributed by atoms with Crippen LogP contribution in [0.25, 0.3) is 10.9 Å². The average molecular weight is 308 g/mol. The van der Waals surface area contributed by atoms with Gasteiger partial charge in [0.05, 0.1) is 12.0 Å². The minimum absolute atomic E-state index is 0.162. The molecule has 1 aromatic heterocycles. The largest absolute Gasteiger partial charge is 0.387 e. The van der Waals surface area contributed by atoms with Gasteiger partial charge in [-0.1, -0.05) is 0 Å². The Morgan fingerprint density at radius 2 is 2.38 bits per heavy atom. The van der Waals surface area contributed by atoms with Crippen molar-refractivity contribution in [3.8, 4) is 0 Å². The molecule has 3 N–H and O–H groups in total. The second-order valence-corrected chi connectivity index (χ2v) is 6.59. The van der Waals surface area contributed by atoms with Crippen molar-refractivity contribution < 1.29 is 14.3 Å². The predicted octanol–water partition coefficient (Wildman–Crippen LogP) is 1.83. The molecule has 0 aliphatic carbocycles. The first-order valence-electron chi connectivity index (χ1n) is 6.88. The van der Waals surface area contributed by atoms with E-state index in [0.29, 0.717) is 12.2 Å². The fraction of sp³-hybridized carbons (Fsp3) is 0.400. The van der Waals surface area contributed by atoms with E-state index < -0.39 is 5.60 Å². The number of aliphatic hydroxyl groups is 1. The Hall–Kier alpha value is -1.53. The normalized spacial score (nSPS) is 21.8. The molecular weight excluding hydrogens is 291 g/mol. The molecule has 1 aliphatic rings. The van der Waals surface area contributed by atoms with Crippen LogP contribution in [0.5, 0.6) is 0 Å². The number of carbonyl (C=O) groups excluding carboxylic acids is 1. The molecule has 1 fully saturated rings. The van der Waals surface area contributed by atoms with Crippen LogP contribution in [-0.4, -0.2) is 39.6 Å². The lowest BCUT2D eigenvalue weighted by Gasteiger charge is -2.21. The quantitative estimate of drug-likeness (QED) is 0.807. The molecule has 2 aromatic rings. The lowest BCUT2D eigenvalue weighted by Crippen LogP contribution is -2.43. The summed E-state index contributed by atoms with van der Waals surface area (Å²) >= 11 is 1.69. The zero-order valence-electron chi connectivity index (χ0n) is 11.5. The van der Waals surface area contributed by atoms with Gasteiger partial charge < -0.3 is 15.4 Å². The molecule has 1 amide bonds. The number of rotatable bonds is 4. The Labute approximate surface area is 126 Å². The maximum Gasteiger partial charge on any atom is 0.224 e. The van der Waals surface area contributed by atoms with Crippen molar-refractivity contribution in [2.75, 3.05) is 18.1 Å². The molecule has 4 nitrogen and oxygen atoms in total. The highest BCUT2D eigenvalue weighted by Gasteiger charge is 2.31. The molecule has 0 radical (unpaired) electrons. The van der Waals surface area contributed by atoms with E-state index >= 15 is 0 Å². The molecule has 0 saturated carbocycles. The molecule has 3 rings (SSSR count). The number of thioether (sulfide) groups is 1. The first-order valence-corrected chi connectivity index (χ1v) is 8.04. The van der Waals surface area contributed by atoms with Gasteiger partial charge in [-0.05, 0) is 35.9 Å². The van der Waals surface area contributed by atoms with Crippen molar-refractivity contribution in [1.82, 2.24) is 10.3 Å². The van der Waals surface area contributed by atoms with Crippen LogP contribution in [0.3, 0.4) is 0 Å². The first-order chi connectivity index (χ1) is 10.1. The highest BCUT2D eigenvalue weighted by molar-refractivity contribution is 7.99. The number of benzene rings is 1. The summed E-state index contributed by atoms with van der Waals surface area (Å²) in [6.07, 6.45) is 2.60. The maximum absolute atomic E-state index is 13.3. The Balaban J connectivity index is 1.64. The lowest BCUT2D eigenvalue weighted by molar-refractivity contribution is -0.121. The van der Waals surface area contributed by atoms with Crippen molar-refractivity contribution >= 4 is 28.6 Å². The molecule has 1 atom stereocenters. The van der Waals surface area contributed by atoms with Crippen molar-refractivity contribution in [3.05, 3.63) is 35.8 Å². The number of aromatic amines is 1. The number of halogens is 1. The van der Waals surface area contributed by atoms with Gasteiger partial charge in [-0.3, -0.25) is 4.79 Å². The Morgan fingerprint density at radius 3 is 3.14 bits per heavy atom. The highest BCUT2D eigenvalue weighted by atomic mass is 32.2. The van der Waals surface area contributed by atoms with Gasteiger partial charge >= 0.3 is 0 Å². The third-order valence-corrected chi connectivity index (χ3v) is 5.01. The summed E-state index contributed by atoms with van der Waals surface area (Å²) < 4.78 is 13.3. The van der Waals surface area contributed by atoms with E-state index in [1.807, 2.05) is 0 Å². The van der Waals surface area contributed by atoms with Crippen LogP contribution in [-0.2, 0) is 11.2 Å². The van der Waals surface area contributed by atoms with E-state index in [0.717, 1.165) is 22.2 Å². The average Bonchev–Trinajstić information content (AvgIpc) is 3.05. The number of carbonyl (C=O) groups is 1. The number of aromatic nitrogens is 1. The monoisotopic (exact) mass is 308 g/mol. The van der Waals surface area contributed by atoms with E-state index in [9.17, 15) is 14.3 Å². The van der Waals surface area contributed by atoms with E-state index in [1.54, 1.807) is 24.0 Å². The molecule has 0 bridgehead atoms. The van der Waals surface area contributed by atoms with Gasteiger partial charge in [-0.15, -0.1) is 0 Å². The molecular formula is C15H17FN2O2S. The predicted molar refractivity (Wildman–Crippen MR) is 81.9 cm³/mol. The van der Waals surface area contributed by atoms with Gasteiger partial charge in [0.15, 0.2) is 0 Å². The second kappa shape index (κ2) is 5.69. The van der Waals surface area contributed by atoms with Crippen LogP contribution in [0.1, 0.15) is 12.0 Å². The van der Waals surface area contributed by atoms with Crippen LogP contribution in [0.2, 0.25) is 0 Å². The van der Waals surface area contributed by atoms with E-state index in [1.165, 1.54) is 12.1 Å². The number of hydrogen-bond acceptors (Lipinski definition) is 3. The summed E-state index contributed by atoms with van der Waals surface area (Å²) in [6, 6.07) is 4.47. The molecule has 1 unspecified atom stereocenters. The Kier molecular flexibility index (Phi) is 3.91. The fourth-order valence-electron chi connectivity index (χ4n) is 2.53. The lowest BCUT2D eigenvalue weighted by atomic mass is 10.0. The van der Waals surface area contributed by atoms with Crippen LogP contribution in [0.4, 0.5) is 4.39 Å². The number of fused-ring (bicyclic) bond motifs is 1. The summed E-state index contributed by atoms with van der Waals surface area (Å²) in [5, 5.41) is 13.7. The Morgan fingerprint density at radius 1 is 1.52 bits per heavy atom. The standard InChI is InChI=1S/C15H17FN2O2S/c16-11-1-2-13-12(6-11)10(7-17-13)5-14(19)18-8-15(20)3-4-21-9-15/h1-2,6-7,17,20H,3-5,8-9H2,(H,18,19). The first kappa shape index (κ1) is 14.4. The molecule has 1 saturated heterocycles. The van der Waals surface area contributed by atoms with E-state index in [4.69, 9.17) is 0 Å². The summed E-state index contributed by atoms with van der Waals surface area (Å²) in [4.78, 5) is 15.0. The van der Waals surface area contributed by atoms with Crippen LogP contribution < -0.4 is 5.32 Å². The smallest absolute Gasteiger partial charge is 0.224 e. The van der Waals surface area contributed by atoms with Gasteiger partial charge in [0.1, 0.15) is 5.82 Å². The summed E-state index contributed by atoms with van der Waals surface area (Å²) in [5.74, 6) is 1.10. The molecule has 21 heavy (non-hydrogen) atoms. The van der Waals surface area contributed by atoms with Gasteiger partial charge in [0.2, 0.25) is 5.91 Å². The van der Waals surface area contributed by atoms with Crippen molar-refractivity contribution in [2.24, 2.45) is 0 Å². The highest BCUT2D eigenvalue weighted by Crippen LogP contribution is 2.27. The summed E-state index contributed by atoms with van der Waals surface area (Å²) in [7, 11) is 0. The van der Waals surface area contributed by atoms with Crippen molar-refractivity contribution in [2.45, 2.75) is 18.4 Å². The molecule has 2 heterocycles. The third kappa shape index (κ3) is 3.22. The molecule has 6 heteroatoms. The van der Waals surface area contributed by atoms with E-state index in [2.05, 4.69) is 10.3 Å². The fourth-order valence-corrected chi connectivity index (χ4v) is 3.83. The minimum Gasteiger partial charge on any atom is -0.387 e. The van der Waals surface area contributed by atoms with Crippen LogP contribution in [0.15, 0.2) is 24.4 Å². The van der Waals surface area contributed by atoms with Gasteiger partial charge in [-0.25, -0.2) is 4.39 Å². The van der Waals surface area contributed by atoms with Crippen LogP contribution in [0, 0.1) is 5.82 Å². The summed E-state index contributed by atoms with van der Waals surface area (Å²) in [5.41, 5.74) is 0.784. The number of nitrogens with one attached hydrogen (secondary N) is 2. The number of H-pyrrole nitrogens is 1. The number of hydrogen-bond donors (Lipinski definition) is 3. The minimum atomic E-state index is -0.785. The number of amides is 1. The maximum atomic E-state index is 13.3. The molecule has 0 spiro atoms. The van der Waals surface area contributed by atoms with E-state index in [-0.39, 0.29) is 24.7 Å². The summed E-state index contributed by atoms with van der Waals surface area (Å²) in [6.45, 7) is 0.273. The molecule has 112 valence electrons. The Bertz CT molecular complexity index is 665. The molecule has 1 aromatic carbocycles. The van der Waals surface area contributed by atoms with Gasteiger partial charge in [0, 0.05) is 29.4 Å².